The fourth-order valence-electron chi connectivity index (χ4n) is 1.72. The molecule has 0 unspecified atom stereocenters. The van der Waals surface area contributed by atoms with Crippen LogP contribution in [0.4, 0.5) is 11.4 Å². The third-order valence-corrected chi connectivity index (χ3v) is 2.96. The predicted molar refractivity (Wildman–Crippen MR) is 71.3 cm³/mol. The highest BCUT2D eigenvalue weighted by atomic mass is 16.7. The minimum absolute atomic E-state index is 0.169. The van der Waals surface area contributed by atoms with E-state index in [9.17, 15) is 4.79 Å². The normalized spacial score (nSPS) is 13.4. The van der Waals surface area contributed by atoms with E-state index in [4.69, 9.17) is 19.9 Å². The van der Waals surface area contributed by atoms with E-state index in [1.807, 2.05) is 13.8 Å². The molecule has 1 amide bonds. The van der Waals surface area contributed by atoms with Gasteiger partial charge in [-0.05, 0) is 13.8 Å². The average Bonchev–Trinajstić information content (AvgIpc) is 2.76. The molecule has 6 heteroatoms. The maximum Gasteiger partial charge on any atom is 0.231 e. The molecule has 3 N–H and O–H groups in total. The highest BCUT2D eigenvalue weighted by Crippen LogP contribution is 2.38. The number of carbonyl (C=O) groups is 1. The summed E-state index contributed by atoms with van der Waals surface area (Å²) in [6, 6.07) is 3.30. The number of methoxy groups -OCH3 is 1. The molecule has 6 nitrogen and oxygen atoms in total. The van der Waals surface area contributed by atoms with Gasteiger partial charge in [-0.3, -0.25) is 4.79 Å². The van der Waals surface area contributed by atoms with Crippen LogP contribution in [0.1, 0.15) is 20.3 Å². The molecule has 1 aromatic rings. The third-order valence-electron chi connectivity index (χ3n) is 2.96. The summed E-state index contributed by atoms with van der Waals surface area (Å²) in [5.41, 5.74) is 6.29. The molecule has 1 aliphatic rings. The monoisotopic (exact) mass is 266 g/mol. The van der Waals surface area contributed by atoms with E-state index in [0.717, 1.165) is 0 Å². The topological polar surface area (TPSA) is 82.8 Å². The van der Waals surface area contributed by atoms with Crippen LogP contribution in [0.5, 0.6) is 11.5 Å². The van der Waals surface area contributed by atoms with Crippen LogP contribution in [-0.4, -0.2) is 25.4 Å². The number of amides is 1. The zero-order chi connectivity index (χ0) is 14.0. The van der Waals surface area contributed by atoms with Gasteiger partial charge in [0, 0.05) is 19.2 Å². The van der Waals surface area contributed by atoms with Gasteiger partial charge in [-0.15, -0.1) is 0 Å². The summed E-state index contributed by atoms with van der Waals surface area (Å²) < 4.78 is 15.7. The molecular weight excluding hydrogens is 248 g/mol. The zero-order valence-corrected chi connectivity index (χ0v) is 11.3. The molecule has 0 saturated heterocycles. The Morgan fingerprint density at radius 1 is 1.42 bits per heavy atom. The van der Waals surface area contributed by atoms with Crippen molar-refractivity contribution in [2.24, 2.45) is 0 Å². The van der Waals surface area contributed by atoms with E-state index in [-0.39, 0.29) is 19.1 Å². The third kappa shape index (κ3) is 3.08. The van der Waals surface area contributed by atoms with E-state index in [1.165, 1.54) is 0 Å². The number of rotatable bonds is 4. The second-order valence-corrected chi connectivity index (χ2v) is 4.98. The summed E-state index contributed by atoms with van der Waals surface area (Å²) in [5, 5.41) is 2.75. The fraction of sp³-hybridized carbons (Fsp3) is 0.462. The standard InChI is InChI=1S/C13H18N2O4/c1-13(2,17-3)6-12(16)15-9-5-11-10(4-8(9)14)18-7-19-11/h4-5H,6-7,14H2,1-3H3,(H,15,16). The first-order chi connectivity index (χ1) is 8.91. The van der Waals surface area contributed by atoms with Gasteiger partial charge in [0.05, 0.1) is 23.4 Å². The van der Waals surface area contributed by atoms with Crippen LogP contribution >= 0.6 is 0 Å². The lowest BCUT2D eigenvalue weighted by Gasteiger charge is -2.22. The van der Waals surface area contributed by atoms with E-state index in [1.54, 1.807) is 19.2 Å². The number of carbonyl (C=O) groups excluding carboxylic acids is 1. The van der Waals surface area contributed by atoms with Crippen LogP contribution in [0, 0.1) is 0 Å². The van der Waals surface area contributed by atoms with Crippen molar-refractivity contribution in [1.29, 1.82) is 0 Å². The number of nitrogens with two attached hydrogens (primary N) is 1. The Hall–Kier alpha value is -1.95. The van der Waals surface area contributed by atoms with E-state index in [0.29, 0.717) is 22.9 Å². The van der Waals surface area contributed by atoms with Gasteiger partial charge in [-0.1, -0.05) is 0 Å². The molecule has 0 radical (unpaired) electrons. The number of hydrogen-bond donors (Lipinski definition) is 2. The smallest absolute Gasteiger partial charge is 0.231 e. The summed E-state index contributed by atoms with van der Waals surface area (Å²) in [4.78, 5) is 11.9. The van der Waals surface area contributed by atoms with Gasteiger partial charge in [-0.25, -0.2) is 0 Å². The Morgan fingerprint density at radius 2 is 2.05 bits per heavy atom. The van der Waals surface area contributed by atoms with Gasteiger partial charge in [0.1, 0.15) is 0 Å². The van der Waals surface area contributed by atoms with Crippen LogP contribution < -0.4 is 20.5 Å². The van der Waals surface area contributed by atoms with Crippen LogP contribution in [0.3, 0.4) is 0 Å². The lowest BCUT2D eigenvalue weighted by atomic mass is 10.0. The maximum atomic E-state index is 11.9. The van der Waals surface area contributed by atoms with E-state index >= 15 is 0 Å². The molecule has 0 spiro atoms. The molecular formula is C13H18N2O4. The Balaban J connectivity index is 2.09. The lowest BCUT2D eigenvalue weighted by Crippen LogP contribution is -2.29. The Labute approximate surface area is 111 Å². The van der Waals surface area contributed by atoms with Crippen molar-refractivity contribution in [3.8, 4) is 11.5 Å². The number of nitrogens with one attached hydrogen (secondary N) is 1. The minimum Gasteiger partial charge on any atom is -0.454 e. The highest BCUT2D eigenvalue weighted by molar-refractivity contribution is 5.95. The molecule has 19 heavy (non-hydrogen) atoms. The molecule has 0 saturated carbocycles. The van der Waals surface area contributed by atoms with E-state index in [2.05, 4.69) is 5.32 Å². The van der Waals surface area contributed by atoms with Crippen LogP contribution in [0.25, 0.3) is 0 Å². The van der Waals surface area contributed by atoms with Crippen LogP contribution in [0.15, 0.2) is 12.1 Å². The summed E-state index contributed by atoms with van der Waals surface area (Å²) in [6.07, 6.45) is 0.234. The largest absolute Gasteiger partial charge is 0.454 e. The fourth-order valence-corrected chi connectivity index (χ4v) is 1.72. The van der Waals surface area contributed by atoms with Crippen molar-refractivity contribution < 1.29 is 19.0 Å². The molecule has 0 atom stereocenters. The van der Waals surface area contributed by atoms with Crippen molar-refractivity contribution >= 4 is 17.3 Å². The van der Waals surface area contributed by atoms with Crippen molar-refractivity contribution in [2.75, 3.05) is 25.0 Å². The van der Waals surface area contributed by atoms with Crippen molar-refractivity contribution in [1.82, 2.24) is 0 Å². The highest BCUT2D eigenvalue weighted by Gasteiger charge is 2.22. The minimum atomic E-state index is -0.519. The molecule has 1 aromatic carbocycles. The predicted octanol–water partition coefficient (Wildman–Crippen LogP) is 1.75. The quantitative estimate of drug-likeness (QED) is 0.811. The maximum absolute atomic E-state index is 11.9. The van der Waals surface area contributed by atoms with Crippen molar-refractivity contribution in [2.45, 2.75) is 25.9 Å². The van der Waals surface area contributed by atoms with Gasteiger partial charge < -0.3 is 25.3 Å². The summed E-state index contributed by atoms with van der Waals surface area (Å²) in [7, 11) is 1.57. The second kappa shape index (κ2) is 4.97. The van der Waals surface area contributed by atoms with E-state index < -0.39 is 5.60 Å². The molecule has 0 aliphatic carbocycles. The summed E-state index contributed by atoms with van der Waals surface area (Å²) in [5.74, 6) is 1.00. The second-order valence-electron chi connectivity index (χ2n) is 4.98. The van der Waals surface area contributed by atoms with Crippen LogP contribution in [-0.2, 0) is 9.53 Å². The number of anilines is 2. The van der Waals surface area contributed by atoms with Crippen molar-refractivity contribution in [3.05, 3.63) is 12.1 Å². The number of ether oxygens (including phenoxy) is 3. The molecule has 0 fully saturated rings. The Morgan fingerprint density at radius 3 is 2.68 bits per heavy atom. The summed E-state index contributed by atoms with van der Waals surface area (Å²) >= 11 is 0. The first-order valence-electron chi connectivity index (χ1n) is 5.95. The molecule has 1 heterocycles. The zero-order valence-electron chi connectivity index (χ0n) is 11.3. The van der Waals surface area contributed by atoms with Gasteiger partial charge in [0.2, 0.25) is 12.7 Å². The Kier molecular flexibility index (Phi) is 3.53. The number of benzene rings is 1. The van der Waals surface area contributed by atoms with Crippen molar-refractivity contribution in [3.63, 3.8) is 0 Å². The molecule has 104 valence electrons. The summed E-state index contributed by atoms with van der Waals surface area (Å²) in [6.45, 7) is 3.86. The van der Waals surface area contributed by atoms with Gasteiger partial charge in [-0.2, -0.15) is 0 Å². The number of hydrogen-bond acceptors (Lipinski definition) is 5. The molecule has 1 aliphatic heterocycles. The van der Waals surface area contributed by atoms with Gasteiger partial charge in [0.25, 0.3) is 0 Å². The van der Waals surface area contributed by atoms with Crippen LogP contribution in [0.2, 0.25) is 0 Å². The van der Waals surface area contributed by atoms with Gasteiger partial charge >= 0.3 is 0 Å². The Bertz CT molecular complexity index is 500. The number of nitrogen functional groups attached to an aromatic ring is 1. The lowest BCUT2D eigenvalue weighted by molar-refractivity contribution is -0.121. The van der Waals surface area contributed by atoms with Gasteiger partial charge in [0.15, 0.2) is 11.5 Å². The first kappa shape index (κ1) is 13.5. The molecule has 0 aromatic heterocycles. The number of fused-ring (bicyclic) bond motifs is 1. The molecule has 0 bridgehead atoms. The molecule has 2 rings (SSSR count). The first-order valence-corrected chi connectivity index (χ1v) is 5.95. The average molecular weight is 266 g/mol. The SMILES string of the molecule is COC(C)(C)CC(=O)Nc1cc2c(cc1N)OCO2.